The topological polar surface area (TPSA) is 20.2 Å². The van der Waals surface area contributed by atoms with Gasteiger partial charge in [-0.05, 0) is 12.0 Å². The molecule has 0 spiro atoms. The summed E-state index contributed by atoms with van der Waals surface area (Å²) >= 11 is 0. The van der Waals surface area contributed by atoms with Crippen molar-refractivity contribution in [3.05, 3.63) is 49.4 Å². The van der Waals surface area contributed by atoms with Crippen molar-refractivity contribution in [3.8, 4) is 0 Å². The number of aliphatic hydroxyl groups excluding tert-OH is 1. The highest BCUT2D eigenvalue weighted by molar-refractivity contribution is 5.45. The van der Waals surface area contributed by atoms with Crippen molar-refractivity contribution >= 4 is 6.08 Å². The average molecular weight is 177 g/mol. The third kappa shape index (κ3) is 7.29. The van der Waals surface area contributed by atoms with Crippen LogP contribution in [0.2, 0.25) is 0 Å². The van der Waals surface area contributed by atoms with Gasteiger partial charge in [-0.25, -0.2) is 0 Å². The Morgan fingerprint density at radius 2 is 1.85 bits per heavy atom. The van der Waals surface area contributed by atoms with Gasteiger partial charge in [0.25, 0.3) is 0 Å². The van der Waals surface area contributed by atoms with Gasteiger partial charge in [-0.2, -0.15) is 0 Å². The highest BCUT2D eigenvalue weighted by Crippen LogP contribution is 1.97. The van der Waals surface area contributed by atoms with Gasteiger partial charge in [-0.1, -0.05) is 56.3 Å². The van der Waals surface area contributed by atoms with E-state index in [-0.39, 0.29) is 6.61 Å². The fraction of sp³-hybridized carbons (Fsp3) is 0.250. The number of unbranched alkanes of at least 4 members (excludes halogenated alkanes) is 1. The second kappa shape index (κ2) is 9.01. The molecular formula is C12H17O. The van der Waals surface area contributed by atoms with E-state index in [4.69, 9.17) is 5.11 Å². The molecule has 0 aromatic heterocycles. The Hall–Kier alpha value is -1.08. The summed E-state index contributed by atoms with van der Waals surface area (Å²) in [5, 5.41) is 8.03. The van der Waals surface area contributed by atoms with Crippen LogP contribution in [0.3, 0.4) is 0 Å². The average Bonchev–Trinajstić information content (AvgIpc) is 2.21. The number of benzene rings is 1. The van der Waals surface area contributed by atoms with Crippen LogP contribution in [0.4, 0.5) is 0 Å². The Morgan fingerprint density at radius 1 is 1.23 bits per heavy atom. The summed E-state index contributed by atoms with van der Waals surface area (Å²) in [7, 11) is 0. The standard InChI is InChI=1S/C8H8.C4H9O/c1-2-8-6-4-3-5-7-8;1-2-3-4-5/h2-7H,1H2;5H,1-4H2. The van der Waals surface area contributed by atoms with Crippen molar-refractivity contribution in [3.63, 3.8) is 0 Å². The molecule has 0 saturated carbocycles. The molecule has 1 radical (unpaired) electrons. The summed E-state index contributed by atoms with van der Waals surface area (Å²) in [5.41, 5.74) is 1.17. The first-order valence-electron chi connectivity index (χ1n) is 4.42. The number of hydrogen-bond donors (Lipinski definition) is 1. The van der Waals surface area contributed by atoms with E-state index in [9.17, 15) is 0 Å². The minimum Gasteiger partial charge on any atom is -0.396 e. The van der Waals surface area contributed by atoms with Gasteiger partial charge >= 0.3 is 0 Å². The highest BCUT2D eigenvalue weighted by atomic mass is 16.2. The third-order valence-corrected chi connectivity index (χ3v) is 1.44. The summed E-state index contributed by atoms with van der Waals surface area (Å²) in [6.07, 6.45) is 3.51. The molecule has 0 fully saturated rings. The number of aliphatic hydroxyl groups is 1. The van der Waals surface area contributed by atoms with Gasteiger partial charge in [0.1, 0.15) is 0 Å². The maximum atomic E-state index is 8.03. The van der Waals surface area contributed by atoms with Crippen LogP contribution in [0.1, 0.15) is 18.4 Å². The molecule has 0 heterocycles. The number of hydrogen-bond acceptors (Lipinski definition) is 1. The summed E-state index contributed by atoms with van der Waals surface area (Å²) in [5.74, 6) is 0. The first-order valence-corrected chi connectivity index (χ1v) is 4.42. The van der Waals surface area contributed by atoms with E-state index in [2.05, 4.69) is 13.5 Å². The monoisotopic (exact) mass is 177 g/mol. The van der Waals surface area contributed by atoms with Crippen LogP contribution >= 0.6 is 0 Å². The molecule has 0 amide bonds. The molecular weight excluding hydrogens is 160 g/mol. The molecule has 0 aliphatic rings. The summed E-state index contributed by atoms with van der Waals surface area (Å²) in [4.78, 5) is 0. The molecule has 0 saturated heterocycles. The zero-order valence-electron chi connectivity index (χ0n) is 7.95. The molecule has 1 nitrogen and oxygen atoms in total. The van der Waals surface area contributed by atoms with Crippen LogP contribution in [0.5, 0.6) is 0 Å². The van der Waals surface area contributed by atoms with E-state index in [0.29, 0.717) is 0 Å². The van der Waals surface area contributed by atoms with Crippen LogP contribution < -0.4 is 0 Å². The Kier molecular flexibility index (Phi) is 8.26. The maximum absolute atomic E-state index is 8.03. The van der Waals surface area contributed by atoms with Gasteiger partial charge in [0.15, 0.2) is 0 Å². The normalized spacial score (nSPS) is 8.46. The van der Waals surface area contributed by atoms with Crippen LogP contribution in [-0.4, -0.2) is 11.7 Å². The lowest BCUT2D eigenvalue weighted by atomic mass is 10.2. The van der Waals surface area contributed by atoms with Crippen LogP contribution in [0, 0.1) is 6.92 Å². The quantitative estimate of drug-likeness (QED) is 0.752. The van der Waals surface area contributed by atoms with E-state index in [1.54, 1.807) is 0 Å². The van der Waals surface area contributed by atoms with E-state index < -0.39 is 0 Å². The van der Waals surface area contributed by atoms with Gasteiger partial charge < -0.3 is 5.11 Å². The predicted molar refractivity (Wildman–Crippen MR) is 58.2 cm³/mol. The lowest BCUT2D eigenvalue weighted by molar-refractivity contribution is 0.289. The minimum absolute atomic E-state index is 0.281. The van der Waals surface area contributed by atoms with E-state index in [0.717, 1.165) is 12.8 Å². The summed E-state index contributed by atoms with van der Waals surface area (Å²) in [6, 6.07) is 10.0. The molecule has 0 atom stereocenters. The molecule has 1 aromatic rings. The molecule has 0 aliphatic heterocycles. The van der Waals surface area contributed by atoms with Crippen molar-refractivity contribution in [2.75, 3.05) is 6.61 Å². The lowest BCUT2D eigenvalue weighted by Gasteiger charge is -1.85. The zero-order chi connectivity index (χ0) is 9.94. The lowest BCUT2D eigenvalue weighted by Crippen LogP contribution is -1.75. The van der Waals surface area contributed by atoms with Crippen LogP contribution in [0.15, 0.2) is 36.9 Å². The largest absolute Gasteiger partial charge is 0.396 e. The third-order valence-electron chi connectivity index (χ3n) is 1.44. The molecule has 1 heteroatoms. The summed E-state index contributed by atoms with van der Waals surface area (Å²) in [6.45, 7) is 7.43. The Labute approximate surface area is 80.7 Å². The molecule has 0 aliphatic carbocycles. The maximum Gasteiger partial charge on any atom is 0.0431 e. The zero-order valence-corrected chi connectivity index (χ0v) is 7.95. The van der Waals surface area contributed by atoms with E-state index in [1.165, 1.54) is 5.56 Å². The molecule has 0 unspecified atom stereocenters. The fourth-order valence-corrected chi connectivity index (χ4v) is 0.701. The number of rotatable bonds is 3. The van der Waals surface area contributed by atoms with Crippen molar-refractivity contribution < 1.29 is 5.11 Å². The molecule has 0 bridgehead atoms. The van der Waals surface area contributed by atoms with Gasteiger partial charge in [0.05, 0.1) is 0 Å². The molecule has 1 rings (SSSR count). The molecule has 13 heavy (non-hydrogen) atoms. The van der Waals surface area contributed by atoms with Gasteiger partial charge in [0.2, 0.25) is 0 Å². The Bertz CT molecular complexity index is 202. The smallest absolute Gasteiger partial charge is 0.0431 e. The Morgan fingerprint density at radius 3 is 2.08 bits per heavy atom. The fourth-order valence-electron chi connectivity index (χ4n) is 0.701. The van der Waals surface area contributed by atoms with E-state index >= 15 is 0 Å². The second-order valence-electron chi connectivity index (χ2n) is 2.55. The molecule has 1 aromatic carbocycles. The molecule has 71 valence electrons. The van der Waals surface area contributed by atoms with Crippen molar-refractivity contribution in [1.82, 2.24) is 0 Å². The summed E-state index contributed by atoms with van der Waals surface area (Å²) < 4.78 is 0. The SMILES string of the molecule is C=Cc1ccccc1.[CH2]CCCO. The van der Waals surface area contributed by atoms with Crippen molar-refractivity contribution in [2.45, 2.75) is 12.8 Å². The van der Waals surface area contributed by atoms with Crippen LogP contribution in [-0.2, 0) is 0 Å². The van der Waals surface area contributed by atoms with Gasteiger partial charge in [-0.3, -0.25) is 0 Å². The van der Waals surface area contributed by atoms with Gasteiger partial charge in [-0.15, -0.1) is 0 Å². The van der Waals surface area contributed by atoms with Gasteiger partial charge in [0, 0.05) is 6.61 Å². The molecule has 1 N–H and O–H groups in total. The Balaban J connectivity index is 0.000000252. The van der Waals surface area contributed by atoms with E-state index in [1.807, 2.05) is 36.4 Å². The predicted octanol–water partition coefficient (Wildman–Crippen LogP) is 2.92. The first kappa shape index (κ1) is 11.9. The minimum atomic E-state index is 0.281. The highest BCUT2D eigenvalue weighted by Gasteiger charge is 1.75. The second-order valence-corrected chi connectivity index (χ2v) is 2.55. The van der Waals surface area contributed by atoms with Crippen molar-refractivity contribution in [2.24, 2.45) is 0 Å². The van der Waals surface area contributed by atoms with Crippen molar-refractivity contribution in [1.29, 1.82) is 0 Å². The van der Waals surface area contributed by atoms with Crippen LogP contribution in [0.25, 0.3) is 6.08 Å². The first-order chi connectivity index (χ1) is 6.35.